The highest BCUT2D eigenvalue weighted by Crippen LogP contribution is 2.11. The first kappa shape index (κ1) is 13.6. The Bertz CT molecular complexity index is 323. The van der Waals surface area contributed by atoms with Crippen LogP contribution in [0.15, 0.2) is 18.2 Å². The van der Waals surface area contributed by atoms with E-state index in [0.717, 1.165) is 18.3 Å². The van der Waals surface area contributed by atoms with Crippen LogP contribution >= 0.6 is 11.8 Å². The van der Waals surface area contributed by atoms with Gasteiger partial charge in [-0.05, 0) is 44.2 Å². The second kappa shape index (κ2) is 6.97. The van der Waals surface area contributed by atoms with Gasteiger partial charge in [-0.2, -0.15) is 11.8 Å². The van der Waals surface area contributed by atoms with Crippen molar-refractivity contribution < 1.29 is 0 Å². The largest absolute Gasteiger partial charge is 0.313 e. The van der Waals surface area contributed by atoms with Crippen LogP contribution in [-0.2, 0) is 6.54 Å². The molecule has 16 heavy (non-hydrogen) atoms. The number of benzene rings is 1. The fourth-order valence-corrected chi connectivity index (χ4v) is 1.99. The standard InChI is InChI=1S/C14H23NS/c1-11-5-6-12(2)14(9-11)10-15-8-7-13(3)16-4/h5-6,9,13,15H,7-8,10H2,1-4H3. The molecule has 0 heterocycles. The van der Waals surface area contributed by atoms with Crippen LogP contribution in [0.2, 0.25) is 0 Å². The summed E-state index contributed by atoms with van der Waals surface area (Å²) in [6.07, 6.45) is 3.42. The third kappa shape index (κ3) is 4.58. The predicted molar refractivity (Wildman–Crippen MR) is 75.2 cm³/mol. The van der Waals surface area contributed by atoms with E-state index < -0.39 is 0 Å². The van der Waals surface area contributed by atoms with E-state index in [1.54, 1.807) is 0 Å². The molecule has 1 aromatic carbocycles. The molecule has 0 aromatic heterocycles. The lowest BCUT2D eigenvalue weighted by Gasteiger charge is -2.11. The van der Waals surface area contributed by atoms with E-state index in [-0.39, 0.29) is 0 Å². The van der Waals surface area contributed by atoms with Gasteiger partial charge in [0.25, 0.3) is 0 Å². The smallest absolute Gasteiger partial charge is 0.0208 e. The minimum absolute atomic E-state index is 0.756. The molecule has 0 aliphatic rings. The topological polar surface area (TPSA) is 12.0 Å². The van der Waals surface area contributed by atoms with Crippen molar-refractivity contribution in [3.63, 3.8) is 0 Å². The highest BCUT2D eigenvalue weighted by atomic mass is 32.2. The van der Waals surface area contributed by atoms with E-state index in [1.807, 2.05) is 11.8 Å². The van der Waals surface area contributed by atoms with Gasteiger partial charge in [-0.25, -0.2) is 0 Å². The third-order valence-electron chi connectivity index (χ3n) is 2.95. The van der Waals surface area contributed by atoms with Gasteiger partial charge in [-0.1, -0.05) is 30.7 Å². The number of aryl methyl sites for hydroxylation is 2. The van der Waals surface area contributed by atoms with E-state index >= 15 is 0 Å². The summed E-state index contributed by atoms with van der Waals surface area (Å²) in [5.41, 5.74) is 4.16. The molecule has 0 saturated carbocycles. The minimum atomic E-state index is 0.756. The van der Waals surface area contributed by atoms with Crippen LogP contribution in [-0.4, -0.2) is 18.1 Å². The molecule has 0 aliphatic carbocycles. The van der Waals surface area contributed by atoms with Crippen LogP contribution in [0, 0.1) is 13.8 Å². The molecule has 1 aromatic rings. The second-order valence-electron chi connectivity index (χ2n) is 4.44. The first-order chi connectivity index (χ1) is 7.63. The Morgan fingerprint density at radius 1 is 1.31 bits per heavy atom. The summed E-state index contributed by atoms with van der Waals surface area (Å²) in [6, 6.07) is 6.66. The maximum atomic E-state index is 3.52. The molecular formula is C14H23NS. The molecule has 0 radical (unpaired) electrons. The van der Waals surface area contributed by atoms with Gasteiger partial charge in [-0.15, -0.1) is 0 Å². The maximum Gasteiger partial charge on any atom is 0.0208 e. The Morgan fingerprint density at radius 3 is 2.75 bits per heavy atom. The lowest BCUT2D eigenvalue weighted by molar-refractivity contribution is 0.646. The molecule has 1 N–H and O–H groups in total. The molecular weight excluding hydrogens is 214 g/mol. The van der Waals surface area contributed by atoms with Crippen molar-refractivity contribution in [3.05, 3.63) is 34.9 Å². The van der Waals surface area contributed by atoms with Gasteiger partial charge >= 0.3 is 0 Å². The molecule has 0 bridgehead atoms. The molecule has 0 amide bonds. The van der Waals surface area contributed by atoms with Crippen LogP contribution in [0.1, 0.15) is 30.0 Å². The summed E-state index contributed by atoms with van der Waals surface area (Å²) >= 11 is 1.94. The Hall–Kier alpha value is -0.470. The highest BCUT2D eigenvalue weighted by Gasteiger charge is 2.00. The van der Waals surface area contributed by atoms with Gasteiger partial charge < -0.3 is 5.32 Å². The van der Waals surface area contributed by atoms with Crippen LogP contribution in [0.3, 0.4) is 0 Å². The highest BCUT2D eigenvalue weighted by molar-refractivity contribution is 7.99. The maximum absolute atomic E-state index is 3.52. The molecule has 0 fully saturated rings. The van der Waals surface area contributed by atoms with Crippen molar-refractivity contribution in [1.82, 2.24) is 5.32 Å². The summed E-state index contributed by atoms with van der Waals surface area (Å²) in [7, 11) is 0. The lowest BCUT2D eigenvalue weighted by atomic mass is 10.1. The summed E-state index contributed by atoms with van der Waals surface area (Å²) in [5, 5.41) is 4.28. The Balaban J connectivity index is 2.34. The van der Waals surface area contributed by atoms with E-state index in [9.17, 15) is 0 Å². The SMILES string of the molecule is CSC(C)CCNCc1cc(C)ccc1C. The van der Waals surface area contributed by atoms with Crippen molar-refractivity contribution in [1.29, 1.82) is 0 Å². The average molecular weight is 237 g/mol. The quantitative estimate of drug-likeness (QED) is 0.760. The molecule has 2 heteroatoms. The molecule has 1 unspecified atom stereocenters. The predicted octanol–water partition coefficient (Wildman–Crippen LogP) is 3.53. The van der Waals surface area contributed by atoms with Crippen molar-refractivity contribution in [2.45, 2.75) is 39.0 Å². The van der Waals surface area contributed by atoms with Gasteiger partial charge in [0.15, 0.2) is 0 Å². The fourth-order valence-electron chi connectivity index (χ4n) is 1.64. The Labute approximate surface area is 104 Å². The molecule has 0 aliphatic heterocycles. The van der Waals surface area contributed by atoms with Crippen LogP contribution in [0.5, 0.6) is 0 Å². The van der Waals surface area contributed by atoms with Gasteiger partial charge in [0.2, 0.25) is 0 Å². The monoisotopic (exact) mass is 237 g/mol. The number of hydrogen-bond donors (Lipinski definition) is 1. The van der Waals surface area contributed by atoms with E-state index in [2.05, 4.69) is 50.5 Å². The second-order valence-corrected chi connectivity index (χ2v) is 5.72. The Kier molecular flexibility index (Phi) is 5.93. The average Bonchev–Trinajstić information content (AvgIpc) is 2.28. The van der Waals surface area contributed by atoms with E-state index in [4.69, 9.17) is 0 Å². The third-order valence-corrected chi connectivity index (χ3v) is 3.99. The molecule has 90 valence electrons. The number of thioether (sulfide) groups is 1. The van der Waals surface area contributed by atoms with Crippen LogP contribution in [0.25, 0.3) is 0 Å². The first-order valence-electron chi connectivity index (χ1n) is 5.93. The zero-order valence-corrected chi connectivity index (χ0v) is 11.7. The molecule has 1 atom stereocenters. The van der Waals surface area contributed by atoms with Gasteiger partial charge in [0.05, 0.1) is 0 Å². The first-order valence-corrected chi connectivity index (χ1v) is 7.22. The Morgan fingerprint density at radius 2 is 2.06 bits per heavy atom. The molecule has 1 rings (SSSR count). The van der Waals surface area contributed by atoms with Crippen molar-refractivity contribution in [2.24, 2.45) is 0 Å². The van der Waals surface area contributed by atoms with E-state index in [0.29, 0.717) is 0 Å². The van der Waals surface area contributed by atoms with E-state index in [1.165, 1.54) is 23.1 Å². The van der Waals surface area contributed by atoms with Gasteiger partial charge in [0.1, 0.15) is 0 Å². The summed E-state index contributed by atoms with van der Waals surface area (Å²) in [6.45, 7) is 8.72. The number of rotatable bonds is 6. The zero-order chi connectivity index (χ0) is 12.0. The molecule has 1 nitrogen and oxygen atoms in total. The summed E-state index contributed by atoms with van der Waals surface area (Å²) < 4.78 is 0. The summed E-state index contributed by atoms with van der Waals surface area (Å²) in [5.74, 6) is 0. The normalized spacial score (nSPS) is 12.8. The van der Waals surface area contributed by atoms with Crippen molar-refractivity contribution in [2.75, 3.05) is 12.8 Å². The minimum Gasteiger partial charge on any atom is -0.313 e. The fraction of sp³-hybridized carbons (Fsp3) is 0.571. The van der Waals surface area contributed by atoms with Crippen LogP contribution < -0.4 is 5.32 Å². The summed E-state index contributed by atoms with van der Waals surface area (Å²) in [4.78, 5) is 0. The van der Waals surface area contributed by atoms with Gasteiger partial charge in [0, 0.05) is 11.8 Å². The van der Waals surface area contributed by atoms with Gasteiger partial charge in [-0.3, -0.25) is 0 Å². The molecule has 0 saturated heterocycles. The lowest BCUT2D eigenvalue weighted by Crippen LogP contribution is -2.18. The molecule has 0 spiro atoms. The number of hydrogen-bond acceptors (Lipinski definition) is 2. The zero-order valence-electron chi connectivity index (χ0n) is 10.8. The van der Waals surface area contributed by atoms with Crippen molar-refractivity contribution >= 4 is 11.8 Å². The van der Waals surface area contributed by atoms with Crippen molar-refractivity contribution in [3.8, 4) is 0 Å². The number of nitrogens with one attached hydrogen (secondary N) is 1. The van der Waals surface area contributed by atoms with Crippen LogP contribution in [0.4, 0.5) is 0 Å².